The van der Waals surface area contributed by atoms with E-state index < -0.39 is 0 Å². The first-order valence-corrected chi connectivity index (χ1v) is 7.44. The van der Waals surface area contributed by atoms with Crippen LogP contribution < -0.4 is 10.6 Å². The highest BCUT2D eigenvalue weighted by Crippen LogP contribution is 1.96. The van der Waals surface area contributed by atoms with Gasteiger partial charge in [0.25, 0.3) is 0 Å². The van der Waals surface area contributed by atoms with Crippen molar-refractivity contribution >= 4 is 18.5 Å². The number of carbonyl (C=O) groups excluding carboxylic acids is 1. The van der Waals surface area contributed by atoms with Crippen molar-refractivity contribution in [2.45, 2.75) is 12.5 Å². The normalized spacial score (nSPS) is 18.2. The monoisotopic (exact) mass is 291 g/mol. The Bertz CT molecular complexity index is 250. The number of nitrogens with zero attached hydrogens (tertiary/aromatic N) is 1. The summed E-state index contributed by atoms with van der Waals surface area (Å²) in [4.78, 5) is 14.2. The van der Waals surface area contributed by atoms with Gasteiger partial charge in [-0.05, 0) is 6.42 Å². The summed E-state index contributed by atoms with van der Waals surface area (Å²) in [7, 11) is 0. The molecule has 0 aromatic carbocycles. The first kappa shape index (κ1) is 16.7. The zero-order chi connectivity index (χ0) is 13.9. The largest absolute Gasteiger partial charge is 0.396 e. The minimum absolute atomic E-state index is 0.00111. The van der Waals surface area contributed by atoms with Crippen LogP contribution in [0.25, 0.3) is 0 Å². The van der Waals surface area contributed by atoms with Gasteiger partial charge in [0.2, 0.25) is 5.91 Å². The van der Waals surface area contributed by atoms with Gasteiger partial charge in [-0.3, -0.25) is 9.69 Å². The van der Waals surface area contributed by atoms with E-state index in [-0.39, 0.29) is 18.6 Å². The molecule has 1 atom stereocenters. The Hall–Kier alpha value is -0.340. The van der Waals surface area contributed by atoms with E-state index in [0.29, 0.717) is 25.3 Å². The highest BCUT2D eigenvalue weighted by atomic mass is 32.1. The van der Waals surface area contributed by atoms with Gasteiger partial charge in [0.15, 0.2) is 0 Å². The Morgan fingerprint density at radius 2 is 2.11 bits per heavy atom. The molecule has 6 nitrogen and oxygen atoms in total. The number of aliphatic hydroxyl groups is 1. The number of carbonyl (C=O) groups is 1. The molecule has 1 saturated heterocycles. The summed E-state index contributed by atoms with van der Waals surface area (Å²) in [6.07, 6.45) is 0.428. The Kier molecular flexibility index (Phi) is 9.19. The molecule has 0 aromatic rings. The molecule has 7 heteroatoms. The molecule has 0 aromatic heterocycles. The van der Waals surface area contributed by atoms with E-state index in [2.05, 4.69) is 28.2 Å². The van der Waals surface area contributed by atoms with Crippen molar-refractivity contribution in [1.82, 2.24) is 15.5 Å². The van der Waals surface area contributed by atoms with Crippen molar-refractivity contribution in [3.05, 3.63) is 0 Å². The SMILES string of the molecule is O=C(NCCN1CCOCC1)C(CCO)NCCS. The number of hydrogen-bond acceptors (Lipinski definition) is 6. The molecule has 1 amide bonds. The minimum atomic E-state index is -0.332. The summed E-state index contributed by atoms with van der Waals surface area (Å²) in [5, 5.41) is 14.9. The minimum Gasteiger partial charge on any atom is -0.396 e. The lowest BCUT2D eigenvalue weighted by molar-refractivity contribution is -0.123. The molecule has 0 aliphatic carbocycles. The highest BCUT2D eigenvalue weighted by molar-refractivity contribution is 7.80. The molecule has 0 bridgehead atoms. The van der Waals surface area contributed by atoms with Crippen molar-refractivity contribution in [3.8, 4) is 0 Å². The summed E-state index contributed by atoms with van der Waals surface area (Å²) < 4.78 is 5.27. The Morgan fingerprint density at radius 3 is 2.74 bits per heavy atom. The van der Waals surface area contributed by atoms with Gasteiger partial charge < -0.3 is 20.5 Å². The average molecular weight is 291 g/mol. The lowest BCUT2D eigenvalue weighted by Gasteiger charge is -2.27. The van der Waals surface area contributed by atoms with Crippen LogP contribution in [0.15, 0.2) is 0 Å². The fourth-order valence-electron chi connectivity index (χ4n) is 1.98. The Morgan fingerprint density at radius 1 is 1.37 bits per heavy atom. The van der Waals surface area contributed by atoms with E-state index in [4.69, 9.17) is 9.84 Å². The van der Waals surface area contributed by atoms with Crippen LogP contribution >= 0.6 is 12.6 Å². The van der Waals surface area contributed by atoms with Crippen LogP contribution in [-0.4, -0.2) is 80.3 Å². The van der Waals surface area contributed by atoms with E-state index in [9.17, 15) is 4.79 Å². The summed E-state index contributed by atoms with van der Waals surface area (Å²) in [5.41, 5.74) is 0. The van der Waals surface area contributed by atoms with Crippen LogP contribution in [0.1, 0.15) is 6.42 Å². The van der Waals surface area contributed by atoms with Crippen molar-refractivity contribution in [3.63, 3.8) is 0 Å². The number of aliphatic hydroxyl groups excluding tert-OH is 1. The molecule has 112 valence electrons. The number of rotatable bonds is 9. The van der Waals surface area contributed by atoms with Crippen LogP contribution in [0.5, 0.6) is 0 Å². The molecule has 0 saturated carbocycles. The molecule has 1 aliphatic heterocycles. The molecule has 1 rings (SSSR count). The number of morpholine rings is 1. The molecule has 0 spiro atoms. The second-order valence-corrected chi connectivity index (χ2v) is 4.93. The summed E-state index contributed by atoms with van der Waals surface area (Å²) in [6.45, 7) is 5.51. The first-order chi connectivity index (χ1) is 9.27. The summed E-state index contributed by atoms with van der Waals surface area (Å²) >= 11 is 4.10. The number of amides is 1. The molecule has 3 N–H and O–H groups in total. The number of nitrogens with one attached hydrogen (secondary N) is 2. The van der Waals surface area contributed by atoms with Gasteiger partial charge >= 0.3 is 0 Å². The standard InChI is InChI=1S/C12H25N3O3S/c16-7-1-11(13-3-10-19)12(17)14-2-4-15-5-8-18-9-6-15/h11,13,16,19H,1-10H2,(H,14,17). The molecule has 0 radical (unpaired) electrons. The van der Waals surface area contributed by atoms with E-state index in [1.54, 1.807) is 0 Å². The molecule has 1 unspecified atom stereocenters. The van der Waals surface area contributed by atoms with Gasteiger partial charge in [-0.15, -0.1) is 0 Å². The molecular weight excluding hydrogens is 266 g/mol. The van der Waals surface area contributed by atoms with Crippen LogP contribution in [0.2, 0.25) is 0 Å². The van der Waals surface area contributed by atoms with E-state index in [0.717, 1.165) is 32.8 Å². The highest BCUT2D eigenvalue weighted by Gasteiger charge is 2.17. The number of ether oxygens (including phenoxy) is 1. The van der Waals surface area contributed by atoms with Gasteiger partial charge in [0.1, 0.15) is 0 Å². The third-order valence-electron chi connectivity index (χ3n) is 3.07. The van der Waals surface area contributed by atoms with E-state index in [1.807, 2.05) is 0 Å². The zero-order valence-corrected chi connectivity index (χ0v) is 12.2. The fourth-order valence-corrected chi connectivity index (χ4v) is 2.11. The quantitative estimate of drug-likeness (QED) is 0.398. The third kappa shape index (κ3) is 7.12. The molecule has 1 aliphatic rings. The van der Waals surface area contributed by atoms with Gasteiger partial charge in [0, 0.05) is 45.1 Å². The predicted octanol–water partition coefficient (Wildman–Crippen LogP) is -1.29. The average Bonchev–Trinajstić information content (AvgIpc) is 2.44. The van der Waals surface area contributed by atoms with Crippen LogP contribution in [0, 0.1) is 0 Å². The van der Waals surface area contributed by atoms with Gasteiger partial charge in [-0.25, -0.2) is 0 Å². The Labute approximate surface area is 120 Å². The number of hydrogen-bond donors (Lipinski definition) is 4. The lowest BCUT2D eigenvalue weighted by Crippen LogP contribution is -2.48. The predicted molar refractivity (Wildman–Crippen MR) is 77.6 cm³/mol. The summed E-state index contributed by atoms with van der Waals surface area (Å²) in [6, 6.07) is -0.332. The molecular formula is C12H25N3O3S. The van der Waals surface area contributed by atoms with Gasteiger partial charge in [-0.1, -0.05) is 0 Å². The molecule has 1 heterocycles. The van der Waals surface area contributed by atoms with Crippen molar-refractivity contribution in [2.75, 3.05) is 58.3 Å². The van der Waals surface area contributed by atoms with Crippen LogP contribution in [-0.2, 0) is 9.53 Å². The maximum absolute atomic E-state index is 11.9. The topological polar surface area (TPSA) is 73.8 Å². The lowest BCUT2D eigenvalue weighted by atomic mass is 10.2. The number of thiol groups is 1. The van der Waals surface area contributed by atoms with E-state index >= 15 is 0 Å². The van der Waals surface area contributed by atoms with E-state index in [1.165, 1.54) is 0 Å². The molecule has 19 heavy (non-hydrogen) atoms. The zero-order valence-electron chi connectivity index (χ0n) is 11.3. The smallest absolute Gasteiger partial charge is 0.237 e. The van der Waals surface area contributed by atoms with Crippen molar-refractivity contribution in [2.24, 2.45) is 0 Å². The first-order valence-electron chi connectivity index (χ1n) is 6.81. The maximum Gasteiger partial charge on any atom is 0.237 e. The Balaban J connectivity index is 2.18. The van der Waals surface area contributed by atoms with Crippen molar-refractivity contribution < 1.29 is 14.6 Å². The third-order valence-corrected chi connectivity index (χ3v) is 3.29. The second-order valence-electron chi connectivity index (χ2n) is 4.49. The second kappa shape index (κ2) is 10.4. The van der Waals surface area contributed by atoms with Crippen molar-refractivity contribution in [1.29, 1.82) is 0 Å². The van der Waals surface area contributed by atoms with Crippen LogP contribution in [0.4, 0.5) is 0 Å². The van der Waals surface area contributed by atoms with Gasteiger partial charge in [0.05, 0.1) is 19.3 Å². The summed E-state index contributed by atoms with van der Waals surface area (Å²) in [5.74, 6) is 0.618. The van der Waals surface area contributed by atoms with Gasteiger partial charge in [-0.2, -0.15) is 12.6 Å². The van der Waals surface area contributed by atoms with Crippen LogP contribution in [0.3, 0.4) is 0 Å². The maximum atomic E-state index is 11.9. The fraction of sp³-hybridized carbons (Fsp3) is 0.917. The molecule has 1 fully saturated rings.